The van der Waals surface area contributed by atoms with Gasteiger partial charge in [0.1, 0.15) is 11.4 Å². The van der Waals surface area contributed by atoms with Gasteiger partial charge in [0, 0.05) is 52.2 Å². The fourth-order valence-electron chi connectivity index (χ4n) is 3.71. The minimum absolute atomic E-state index is 0.0209. The largest absolute Gasteiger partial charge is 0.344 e. The molecule has 2 N–H and O–H groups in total. The number of nitrogens with one attached hydrogen (secondary N) is 1. The maximum absolute atomic E-state index is 13.3. The van der Waals surface area contributed by atoms with Crippen molar-refractivity contribution in [2.75, 3.05) is 44.7 Å². The Bertz CT molecular complexity index is 990. The zero-order chi connectivity index (χ0) is 24.0. The number of aromatic nitrogens is 2. The number of anilines is 1. The molecule has 0 saturated carbocycles. The molecule has 1 aromatic heterocycles. The van der Waals surface area contributed by atoms with Gasteiger partial charge in [0.2, 0.25) is 11.9 Å². The Hall–Kier alpha value is -3.37. The summed E-state index contributed by atoms with van der Waals surface area (Å²) in [6.45, 7) is 6.78. The van der Waals surface area contributed by atoms with Crippen molar-refractivity contribution in [3.8, 4) is 0 Å². The van der Waals surface area contributed by atoms with Gasteiger partial charge in [0.25, 0.3) is 5.91 Å². The summed E-state index contributed by atoms with van der Waals surface area (Å²) in [5.41, 5.74) is 1.65. The summed E-state index contributed by atoms with van der Waals surface area (Å²) in [5, 5.41) is 8.72. The van der Waals surface area contributed by atoms with Gasteiger partial charge in [-0.25, -0.2) is 19.8 Å². The summed E-state index contributed by atoms with van der Waals surface area (Å²) in [7, 11) is 1.78. The summed E-state index contributed by atoms with van der Waals surface area (Å²) in [5.74, 6) is -0.522. The predicted octanol–water partition coefficient (Wildman–Crippen LogP) is 1.81. The molecule has 0 aliphatic carbocycles. The summed E-state index contributed by atoms with van der Waals surface area (Å²) >= 11 is 0. The second kappa shape index (κ2) is 10.5. The molecule has 1 unspecified atom stereocenters. The number of piperazine rings is 1. The molecule has 0 radical (unpaired) electrons. The molecule has 1 fully saturated rings. The Morgan fingerprint density at radius 2 is 1.79 bits per heavy atom. The lowest BCUT2D eigenvalue weighted by atomic mass is 9.94. The molecule has 0 bridgehead atoms. The first kappa shape index (κ1) is 24.3. The van der Waals surface area contributed by atoms with E-state index in [0.717, 1.165) is 5.56 Å². The van der Waals surface area contributed by atoms with Gasteiger partial charge in [0.05, 0.1) is 5.56 Å². The quantitative estimate of drug-likeness (QED) is 0.484. The van der Waals surface area contributed by atoms with E-state index in [0.29, 0.717) is 38.7 Å². The van der Waals surface area contributed by atoms with Crippen molar-refractivity contribution in [1.82, 2.24) is 25.2 Å². The SMILES string of the molecule is CCN(C)C(=O)C(C)(C=Cc1ccc(F)cc1)N1CCN(c2ncc(C(=O)NO)cn2)CC1. The molecule has 1 saturated heterocycles. The monoisotopic (exact) mass is 456 g/mol. The highest BCUT2D eigenvalue weighted by Gasteiger charge is 2.40. The highest BCUT2D eigenvalue weighted by molar-refractivity contribution is 5.92. The number of amides is 2. The van der Waals surface area contributed by atoms with E-state index in [-0.39, 0.29) is 17.3 Å². The van der Waals surface area contributed by atoms with Crippen LogP contribution in [0.2, 0.25) is 0 Å². The van der Waals surface area contributed by atoms with Crippen molar-refractivity contribution in [2.24, 2.45) is 0 Å². The third-order valence-electron chi connectivity index (χ3n) is 5.95. The number of hydrogen-bond donors (Lipinski definition) is 2. The number of nitrogens with zero attached hydrogens (tertiary/aromatic N) is 5. The van der Waals surface area contributed by atoms with Crippen molar-refractivity contribution in [3.63, 3.8) is 0 Å². The van der Waals surface area contributed by atoms with Crippen LogP contribution in [0.1, 0.15) is 29.8 Å². The first-order valence-corrected chi connectivity index (χ1v) is 10.8. The Balaban J connectivity index is 1.76. The highest BCUT2D eigenvalue weighted by Crippen LogP contribution is 2.24. The van der Waals surface area contributed by atoms with Gasteiger partial charge in [-0.05, 0) is 31.5 Å². The van der Waals surface area contributed by atoms with E-state index in [4.69, 9.17) is 5.21 Å². The molecular weight excluding hydrogens is 427 g/mol. The Morgan fingerprint density at radius 1 is 1.18 bits per heavy atom. The number of hydrogen-bond acceptors (Lipinski definition) is 7. The molecule has 176 valence electrons. The van der Waals surface area contributed by atoms with E-state index < -0.39 is 11.4 Å². The number of carbonyl (C=O) groups excluding carboxylic acids is 2. The zero-order valence-corrected chi connectivity index (χ0v) is 19.0. The van der Waals surface area contributed by atoms with Gasteiger partial charge in [-0.1, -0.05) is 24.3 Å². The van der Waals surface area contributed by atoms with Crippen LogP contribution in [0, 0.1) is 5.82 Å². The van der Waals surface area contributed by atoms with Crippen LogP contribution in [0.5, 0.6) is 0 Å². The lowest BCUT2D eigenvalue weighted by molar-refractivity contribution is -0.139. The van der Waals surface area contributed by atoms with Crippen LogP contribution in [0.15, 0.2) is 42.7 Å². The van der Waals surface area contributed by atoms with Crippen molar-refractivity contribution in [2.45, 2.75) is 19.4 Å². The van der Waals surface area contributed by atoms with E-state index in [1.165, 1.54) is 24.5 Å². The van der Waals surface area contributed by atoms with Gasteiger partial charge >= 0.3 is 0 Å². The topological polar surface area (TPSA) is 102 Å². The molecule has 1 atom stereocenters. The van der Waals surface area contributed by atoms with Crippen LogP contribution in [-0.2, 0) is 4.79 Å². The second-order valence-electron chi connectivity index (χ2n) is 8.04. The minimum Gasteiger partial charge on any atom is -0.344 e. The third kappa shape index (κ3) is 5.52. The Labute approximate surface area is 192 Å². The molecule has 1 aliphatic heterocycles. The molecule has 1 aromatic carbocycles. The molecule has 0 spiro atoms. The number of likely N-dealkylation sites (N-methyl/N-ethyl adjacent to an activating group) is 1. The first-order valence-electron chi connectivity index (χ1n) is 10.8. The molecule has 10 heteroatoms. The lowest BCUT2D eigenvalue weighted by Crippen LogP contribution is -2.61. The van der Waals surface area contributed by atoms with Gasteiger partial charge in [-0.2, -0.15) is 0 Å². The fourth-order valence-corrected chi connectivity index (χ4v) is 3.71. The van der Waals surface area contributed by atoms with Crippen molar-refractivity contribution in [1.29, 1.82) is 0 Å². The number of halogens is 1. The van der Waals surface area contributed by atoms with E-state index in [2.05, 4.69) is 14.9 Å². The van der Waals surface area contributed by atoms with Crippen molar-refractivity contribution < 1.29 is 19.2 Å². The van der Waals surface area contributed by atoms with Crippen molar-refractivity contribution in [3.05, 3.63) is 59.7 Å². The van der Waals surface area contributed by atoms with Gasteiger partial charge < -0.3 is 9.80 Å². The van der Waals surface area contributed by atoms with Crippen LogP contribution < -0.4 is 10.4 Å². The number of hydroxylamine groups is 1. The predicted molar refractivity (Wildman–Crippen MR) is 122 cm³/mol. The molecule has 1 aliphatic rings. The molecule has 2 amide bonds. The minimum atomic E-state index is -0.880. The Morgan fingerprint density at radius 3 is 2.33 bits per heavy atom. The van der Waals surface area contributed by atoms with E-state index in [1.54, 1.807) is 29.6 Å². The maximum Gasteiger partial charge on any atom is 0.277 e. The standard InChI is InChI=1S/C23H29FN6O3/c1-4-28(3)21(32)23(2,10-9-17-5-7-19(24)8-6-17)30-13-11-29(12-14-30)22-25-15-18(16-26-22)20(31)27-33/h5-10,15-16,33H,4,11-14H2,1-3H3,(H,27,31). The van der Waals surface area contributed by atoms with Gasteiger partial charge in [-0.3, -0.25) is 19.7 Å². The van der Waals surface area contributed by atoms with Gasteiger partial charge in [0.15, 0.2) is 0 Å². The lowest BCUT2D eigenvalue weighted by Gasteiger charge is -2.44. The molecular formula is C23H29FN6O3. The third-order valence-corrected chi connectivity index (χ3v) is 5.95. The molecule has 33 heavy (non-hydrogen) atoms. The Kier molecular flexibility index (Phi) is 7.72. The maximum atomic E-state index is 13.3. The summed E-state index contributed by atoms with van der Waals surface area (Å²) in [4.78, 5) is 39.0. The number of rotatable bonds is 7. The van der Waals surface area contributed by atoms with E-state index in [9.17, 15) is 14.0 Å². The van der Waals surface area contributed by atoms with Crippen LogP contribution in [0.3, 0.4) is 0 Å². The smallest absolute Gasteiger partial charge is 0.277 e. The first-order chi connectivity index (χ1) is 15.8. The van der Waals surface area contributed by atoms with Gasteiger partial charge in [-0.15, -0.1) is 0 Å². The van der Waals surface area contributed by atoms with Crippen molar-refractivity contribution >= 4 is 23.8 Å². The summed E-state index contributed by atoms with van der Waals surface area (Å²) in [6, 6.07) is 6.14. The average Bonchev–Trinajstić information content (AvgIpc) is 2.87. The second-order valence-corrected chi connectivity index (χ2v) is 8.04. The van der Waals surface area contributed by atoms with Crippen LogP contribution in [0.4, 0.5) is 10.3 Å². The number of benzene rings is 1. The zero-order valence-electron chi connectivity index (χ0n) is 19.0. The normalized spacial score (nSPS) is 16.5. The fraction of sp³-hybridized carbons (Fsp3) is 0.391. The van der Waals surface area contributed by atoms with Crippen LogP contribution in [-0.4, -0.2) is 82.1 Å². The summed E-state index contributed by atoms with van der Waals surface area (Å²) < 4.78 is 13.2. The highest BCUT2D eigenvalue weighted by atomic mass is 19.1. The van der Waals surface area contributed by atoms with Crippen LogP contribution >= 0.6 is 0 Å². The average molecular weight is 457 g/mol. The molecule has 2 aromatic rings. The summed E-state index contributed by atoms with van der Waals surface area (Å²) in [6.07, 6.45) is 6.44. The molecule has 9 nitrogen and oxygen atoms in total. The van der Waals surface area contributed by atoms with Crippen LogP contribution in [0.25, 0.3) is 6.08 Å². The number of carbonyl (C=O) groups is 2. The molecule has 3 rings (SSSR count). The molecule has 2 heterocycles. The van der Waals surface area contributed by atoms with E-state index in [1.807, 2.05) is 30.9 Å². The van der Waals surface area contributed by atoms with E-state index >= 15 is 0 Å².